The van der Waals surface area contributed by atoms with Crippen LogP contribution in [0.5, 0.6) is 0 Å². The lowest BCUT2D eigenvalue weighted by atomic mass is 9.92. The lowest BCUT2D eigenvalue weighted by Gasteiger charge is -2.22. The van der Waals surface area contributed by atoms with Gasteiger partial charge in [0.1, 0.15) is 5.82 Å². The molecule has 2 unspecified atom stereocenters. The number of hydrogen-bond donors (Lipinski definition) is 0. The van der Waals surface area contributed by atoms with Crippen LogP contribution in [0.25, 0.3) is 0 Å². The van der Waals surface area contributed by atoms with E-state index >= 15 is 0 Å². The number of aromatic nitrogens is 2. The molecule has 2 heteroatoms. The Morgan fingerprint density at radius 2 is 0.780 bits per heavy atom. The summed E-state index contributed by atoms with van der Waals surface area (Å²) < 4.78 is 2.58. The molecule has 0 N–H and O–H groups in total. The van der Waals surface area contributed by atoms with Crippen LogP contribution in [0.15, 0.2) is 12.4 Å². The van der Waals surface area contributed by atoms with Crippen LogP contribution >= 0.6 is 0 Å². The van der Waals surface area contributed by atoms with Gasteiger partial charge in [-0.1, -0.05) is 194 Å². The molecule has 0 spiro atoms. The molecule has 0 amide bonds. The summed E-state index contributed by atoms with van der Waals surface area (Å²) in [6, 6.07) is 0.589. The van der Waals surface area contributed by atoms with Gasteiger partial charge in [0.05, 0.1) is 0 Å². The summed E-state index contributed by atoms with van der Waals surface area (Å²) in [6.07, 6.45) is 46.7. The van der Waals surface area contributed by atoms with Gasteiger partial charge >= 0.3 is 0 Å². The van der Waals surface area contributed by atoms with Gasteiger partial charge in [-0.3, -0.25) is 0 Å². The third-order valence-corrected chi connectivity index (χ3v) is 9.58. The van der Waals surface area contributed by atoms with Gasteiger partial charge in [0.2, 0.25) is 0 Å². The standard InChI is InChI=1S/C39H76N2/c1-5-8-11-14-17-19-20-21-23-25-28-31-34-38(33-30-27-16-13-10-7-3)39-40-35-36-41(39)37(4)32-29-26-24-22-18-15-12-9-6-2/h35-38H,5-34H2,1-4H3. The number of hydrogen-bond acceptors (Lipinski definition) is 1. The monoisotopic (exact) mass is 573 g/mol. The van der Waals surface area contributed by atoms with Crippen LogP contribution in [0.1, 0.15) is 238 Å². The third-order valence-electron chi connectivity index (χ3n) is 9.58. The minimum Gasteiger partial charge on any atom is -0.332 e. The molecule has 0 radical (unpaired) electrons. The second kappa shape index (κ2) is 29.3. The van der Waals surface area contributed by atoms with Crippen LogP contribution in [-0.2, 0) is 0 Å². The van der Waals surface area contributed by atoms with Gasteiger partial charge in [-0.15, -0.1) is 0 Å². The molecule has 1 rings (SSSR count). The fourth-order valence-electron chi connectivity index (χ4n) is 6.71. The van der Waals surface area contributed by atoms with Crippen molar-refractivity contribution in [2.45, 2.75) is 232 Å². The van der Waals surface area contributed by atoms with Crippen LogP contribution in [0.2, 0.25) is 0 Å². The Labute approximate surface area is 259 Å². The highest BCUT2D eigenvalue weighted by Gasteiger charge is 2.19. The first kappa shape index (κ1) is 38.2. The normalized spacial score (nSPS) is 13.2. The molecule has 1 heterocycles. The maximum atomic E-state index is 5.00. The van der Waals surface area contributed by atoms with E-state index in [2.05, 4.69) is 44.7 Å². The van der Waals surface area contributed by atoms with Gasteiger partial charge < -0.3 is 4.57 Å². The molecule has 242 valence electrons. The number of imidazole rings is 1. The first-order valence-electron chi connectivity index (χ1n) is 19.3. The summed E-state index contributed by atoms with van der Waals surface area (Å²) in [6.45, 7) is 9.38. The predicted octanol–water partition coefficient (Wildman–Crippen LogP) is 14.3. The topological polar surface area (TPSA) is 17.8 Å². The molecule has 1 aromatic rings. The van der Waals surface area contributed by atoms with Gasteiger partial charge in [0, 0.05) is 24.4 Å². The summed E-state index contributed by atoms with van der Waals surface area (Å²) in [5, 5.41) is 0. The second-order valence-electron chi connectivity index (χ2n) is 13.6. The van der Waals surface area contributed by atoms with Gasteiger partial charge in [-0.2, -0.15) is 0 Å². The fraction of sp³-hybridized carbons (Fsp3) is 0.923. The number of nitrogens with zero attached hydrogens (tertiary/aromatic N) is 2. The predicted molar refractivity (Wildman–Crippen MR) is 185 cm³/mol. The van der Waals surface area contributed by atoms with E-state index in [0.717, 1.165) is 0 Å². The van der Waals surface area contributed by atoms with E-state index in [0.29, 0.717) is 12.0 Å². The van der Waals surface area contributed by atoms with Crippen LogP contribution in [-0.4, -0.2) is 9.55 Å². The molecular formula is C39H76N2. The Bertz CT molecular complexity index is 635. The van der Waals surface area contributed by atoms with Gasteiger partial charge in [-0.05, 0) is 26.2 Å². The zero-order valence-corrected chi connectivity index (χ0v) is 28.9. The lowest BCUT2D eigenvalue weighted by molar-refractivity contribution is 0.412. The first-order chi connectivity index (χ1) is 20.2. The Hall–Kier alpha value is -0.790. The quantitative estimate of drug-likeness (QED) is 0.0785. The van der Waals surface area contributed by atoms with Crippen molar-refractivity contribution in [3.8, 4) is 0 Å². The van der Waals surface area contributed by atoms with Crippen molar-refractivity contribution in [1.29, 1.82) is 0 Å². The number of unbranched alkanes of at least 4 members (excludes halogenated alkanes) is 24. The second-order valence-corrected chi connectivity index (χ2v) is 13.6. The Morgan fingerprint density at radius 1 is 0.463 bits per heavy atom. The van der Waals surface area contributed by atoms with Crippen LogP contribution < -0.4 is 0 Å². The van der Waals surface area contributed by atoms with E-state index in [1.807, 2.05) is 0 Å². The molecule has 0 aliphatic rings. The van der Waals surface area contributed by atoms with Crippen molar-refractivity contribution in [3.63, 3.8) is 0 Å². The highest BCUT2D eigenvalue weighted by molar-refractivity contribution is 5.02. The Morgan fingerprint density at radius 3 is 1.15 bits per heavy atom. The average Bonchev–Trinajstić information content (AvgIpc) is 3.47. The largest absolute Gasteiger partial charge is 0.332 e. The molecule has 0 fully saturated rings. The SMILES string of the molecule is CCCCCCCCCCCCCCC(CCCCCCCC)c1nccn1C(C)CCCCCCCCCCC. The third kappa shape index (κ3) is 21.5. The molecule has 0 aliphatic heterocycles. The highest BCUT2D eigenvalue weighted by atomic mass is 15.1. The Kier molecular flexibility index (Phi) is 27.3. The minimum atomic E-state index is 0.589. The molecule has 2 atom stereocenters. The molecule has 0 saturated carbocycles. The summed E-state index contributed by atoms with van der Waals surface area (Å²) in [5.41, 5.74) is 0. The molecule has 2 nitrogen and oxygen atoms in total. The fourth-order valence-corrected chi connectivity index (χ4v) is 6.71. The van der Waals surface area contributed by atoms with Crippen molar-refractivity contribution >= 4 is 0 Å². The van der Waals surface area contributed by atoms with Crippen LogP contribution in [0.4, 0.5) is 0 Å². The van der Waals surface area contributed by atoms with Crippen LogP contribution in [0.3, 0.4) is 0 Å². The highest BCUT2D eigenvalue weighted by Crippen LogP contribution is 2.31. The Balaban J connectivity index is 2.39. The van der Waals surface area contributed by atoms with Crippen molar-refractivity contribution in [2.24, 2.45) is 0 Å². The van der Waals surface area contributed by atoms with Gasteiger partial charge in [-0.25, -0.2) is 4.98 Å². The van der Waals surface area contributed by atoms with E-state index in [4.69, 9.17) is 4.98 Å². The lowest BCUT2D eigenvalue weighted by Crippen LogP contribution is -2.13. The van der Waals surface area contributed by atoms with E-state index in [-0.39, 0.29) is 0 Å². The maximum Gasteiger partial charge on any atom is 0.111 e. The summed E-state index contributed by atoms with van der Waals surface area (Å²) in [7, 11) is 0. The smallest absolute Gasteiger partial charge is 0.111 e. The summed E-state index contributed by atoms with van der Waals surface area (Å²) >= 11 is 0. The van der Waals surface area contributed by atoms with E-state index in [9.17, 15) is 0 Å². The average molecular weight is 573 g/mol. The summed E-state index contributed by atoms with van der Waals surface area (Å²) in [5.74, 6) is 2.06. The number of rotatable bonds is 32. The van der Waals surface area contributed by atoms with Crippen molar-refractivity contribution < 1.29 is 0 Å². The molecule has 0 bridgehead atoms. The van der Waals surface area contributed by atoms with Crippen molar-refractivity contribution in [1.82, 2.24) is 9.55 Å². The first-order valence-corrected chi connectivity index (χ1v) is 19.3. The van der Waals surface area contributed by atoms with E-state index in [1.165, 1.54) is 198 Å². The minimum absolute atomic E-state index is 0.589. The van der Waals surface area contributed by atoms with E-state index < -0.39 is 0 Å². The van der Waals surface area contributed by atoms with Crippen LogP contribution in [0, 0.1) is 0 Å². The van der Waals surface area contributed by atoms with Crippen molar-refractivity contribution in [3.05, 3.63) is 18.2 Å². The molecule has 41 heavy (non-hydrogen) atoms. The van der Waals surface area contributed by atoms with E-state index in [1.54, 1.807) is 0 Å². The molecule has 0 saturated heterocycles. The van der Waals surface area contributed by atoms with Crippen molar-refractivity contribution in [2.75, 3.05) is 0 Å². The maximum absolute atomic E-state index is 5.00. The summed E-state index contributed by atoms with van der Waals surface area (Å²) in [4.78, 5) is 5.00. The van der Waals surface area contributed by atoms with Gasteiger partial charge in [0.25, 0.3) is 0 Å². The zero-order valence-electron chi connectivity index (χ0n) is 28.9. The molecular weight excluding hydrogens is 496 g/mol. The van der Waals surface area contributed by atoms with Gasteiger partial charge in [0.15, 0.2) is 0 Å². The molecule has 0 aliphatic carbocycles. The molecule has 1 aromatic heterocycles. The molecule has 0 aromatic carbocycles. The zero-order chi connectivity index (χ0) is 29.6.